The first-order valence-electron chi connectivity index (χ1n) is 3.26. The van der Waals surface area contributed by atoms with Crippen LogP contribution in [0.2, 0.25) is 5.02 Å². The van der Waals surface area contributed by atoms with Crippen LogP contribution in [-0.4, -0.2) is 4.92 Å². The van der Waals surface area contributed by atoms with Crippen LogP contribution in [0.1, 0.15) is 5.56 Å². The number of halogens is 1. The van der Waals surface area contributed by atoms with E-state index in [0.717, 1.165) is 6.20 Å². The van der Waals surface area contributed by atoms with Crippen molar-refractivity contribution in [1.29, 1.82) is 0 Å². The molecule has 0 radical (unpaired) electrons. The minimum Gasteiger partial charge on any atom is -0.259 e. The van der Waals surface area contributed by atoms with Gasteiger partial charge in [0.25, 0.3) is 0 Å². The van der Waals surface area contributed by atoms with Crippen LogP contribution >= 0.6 is 11.6 Å². The first kappa shape index (κ1) is 8.74. The van der Waals surface area contributed by atoms with E-state index in [9.17, 15) is 10.1 Å². The molecule has 0 saturated heterocycles. The summed E-state index contributed by atoms with van der Waals surface area (Å²) in [5, 5.41) is 10.5. The lowest BCUT2D eigenvalue weighted by Gasteiger charge is -1.93. The Morgan fingerprint density at radius 1 is 1.42 bits per heavy atom. The molecule has 0 aliphatic heterocycles. The van der Waals surface area contributed by atoms with Crippen LogP contribution in [0.25, 0.3) is 6.08 Å². The second-order valence-corrected chi connectivity index (χ2v) is 2.53. The minimum atomic E-state index is -0.524. The lowest BCUT2D eigenvalue weighted by Crippen LogP contribution is -1.82. The van der Waals surface area contributed by atoms with Gasteiger partial charge in [0.1, 0.15) is 0 Å². The van der Waals surface area contributed by atoms with Gasteiger partial charge in [0.05, 0.1) is 4.92 Å². The van der Waals surface area contributed by atoms with Crippen molar-refractivity contribution in [1.82, 2.24) is 0 Å². The van der Waals surface area contributed by atoms with Gasteiger partial charge in [-0.15, -0.1) is 0 Å². The second-order valence-electron chi connectivity index (χ2n) is 2.12. The van der Waals surface area contributed by atoms with Crippen LogP contribution in [0.3, 0.4) is 0 Å². The van der Waals surface area contributed by atoms with Crippen molar-refractivity contribution in [2.45, 2.75) is 0 Å². The fraction of sp³-hybridized carbons (Fsp3) is 0. The van der Waals surface area contributed by atoms with E-state index in [1.54, 1.807) is 24.3 Å². The third-order valence-electron chi connectivity index (χ3n) is 1.28. The molecule has 0 saturated carbocycles. The summed E-state index contributed by atoms with van der Waals surface area (Å²) < 4.78 is 0. The number of nitrogens with zero attached hydrogens (tertiary/aromatic N) is 1. The van der Waals surface area contributed by atoms with E-state index >= 15 is 0 Å². The molecule has 1 aromatic rings. The molecule has 1 aromatic carbocycles. The molecular weight excluding hydrogens is 178 g/mol. The van der Waals surface area contributed by atoms with Gasteiger partial charge in [0.15, 0.2) is 0 Å². The molecule has 0 bridgehead atoms. The molecular formula is C8H6ClNO2. The maximum Gasteiger partial charge on any atom is 0.235 e. The molecule has 1 rings (SSSR count). The van der Waals surface area contributed by atoms with Gasteiger partial charge in [-0.05, 0) is 11.6 Å². The van der Waals surface area contributed by atoms with Gasteiger partial charge in [-0.2, -0.15) is 0 Å². The Hall–Kier alpha value is -1.35. The average molecular weight is 184 g/mol. The standard InChI is InChI=1S/C8H6ClNO2/c9-8-4-2-1-3-7(8)5-6-10(11)12/h1-6H/b6-5-. The first-order valence-corrected chi connectivity index (χ1v) is 3.64. The fourth-order valence-corrected chi connectivity index (χ4v) is 0.950. The van der Waals surface area contributed by atoms with E-state index in [0.29, 0.717) is 10.6 Å². The normalized spacial score (nSPS) is 10.4. The van der Waals surface area contributed by atoms with Crippen molar-refractivity contribution < 1.29 is 4.92 Å². The molecule has 0 fully saturated rings. The summed E-state index contributed by atoms with van der Waals surface area (Å²) in [5.41, 5.74) is 0.649. The Morgan fingerprint density at radius 2 is 2.08 bits per heavy atom. The number of hydrogen-bond acceptors (Lipinski definition) is 2. The van der Waals surface area contributed by atoms with Crippen LogP contribution in [0.15, 0.2) is 30.5 Å². The molecule has 0 atom stereocenters. The van der Waals surface area contributed by atoms with Crippen LogP contribution in [0.4, 0.5) is 0 Å². The van der Waals surface area contributed by atoms with Gasteiger partial charge in [-0.1, -0.05) is 29.8 Å². The second kappa shape index (κ2) is 3.88. The highest BCUT2D eigenvalue weighted by atomic mass is 35.5. The van der Waals surface area contributed by atoms with Gasteiger partial charge in [-0.3, -0.25) is 10.1 Å². The molecule has 62 valence electrons. The Labute approximate surface area is 74.4 Å². The van der Waals surface area contributed by atoms with E-state index < -0.39 is 4.92 Å². The largest absolute Gasteiger partial charge is 0.259 e. The molecule has 0 aromatic heterocycles. The number of hydrogen-bond donors (Lipinski definition) is 0. The van der Waals surface area contributed by atoms with E-state index in [-0.39, 0.29) is 0 Å². The van der Waals surface area contributed by atoms with Gasteiger partial charge in [-0.25, -0.2) is 0 Å². The maximum atomic E-state index is 9.96. The van der Waals surface area contributed by atoms with Crippen molar-refractivity contribution in [2.75, 3.05) is 0 Å². The van der Waals surface area contributed by atoms with Crippen molar-refractivity contribution in [3.63, 3.8) is 0 Å². The Balaban J connectivity index is 2.89. The molecule has 0 spiro atoms. The topological polar surface area (TPSA) is 43.1 Å². The van der Waals surface area contributed by atoms with Crippen molar-refractivity contribution >= 4 is 17.7 Å². The first-order chi connectivity index (χ1) is 5.70. The summed E-state index contributed by atoms with van der Waals surface area (Å²) in [6.45, 7) is 0. The quantitative estimate of drug-likeness (QED) is 0.523. The predicted molar refractivity (Wildman–Crippen MR) is 47.5 cm³/mol. The number of nitro groups is 1. The number of benzene rings is 1. The summed E-state index contributed by atoms with van der Waals surface area (Å²) in [4.78, 5) is 9.44. The zero-order chi connectivity index (χ0) is 8.97. The van der Waals surface area contributed by atoms with Gasteiger partial charge >= 0.3 is 0 Å². The molecule has 12 heavy (non-hydrogen) atoms. The molecule has 3 nitrogen and oxygen atoms in total. The van der Waals surface area contributed by atoms with E-state index in [2.05, 4.69) is 0 Å². The molecule has 0 aliphatic rings. The zero-order valence-electron chi connectivity index (χ0n) is 6.11. The Kier molecular flexibility index (Phi) is 2.82. The van der Waals surface area contributed by atoms with E-state index in [4.69, 9.17) is 11.6 Å². The highest BCUT2D eigenvalue weighted by Crippen LogP contribution is 2.15. The van der Waals surface area contributed by atoms with E-state index in [1.807, 2.05) is 0 Å². The molecule has 0 N–H and O–H groups in total. The fourth-order valence-electron chi connectivity index (χ4n) is 0.751. The lowest BCUT2D eigenvalue weighted by molar-refractivity contribution is -0.400. The van der Waals surface area contributed by atoms with Crippen LogP contribution in [0, 0.1) is 10.1 Å². The third kappa shape index (κ3) is 2.36. The Bertz CT molecular complexity index is 323. The Morgan fingerprint density at radius 3 is 2.67 bits per heavy atom. The molecule has 0 aliphatic carbocycles. The van der Waals surface area contributed by atoms with Crippen molar-refractivity contribution in [3.05, 3.63) is 51.2 Å². The van der Waals surface area contributed by atoms with Crippen molar-refractivity contribution in [2.24, 2.45) is 0 Å². The smallest absolute Gasteiger partial charge is 0.235 e. The lowest BCUT2D eigenvalue weighted by atomic mass is 10.2. The highest BCUT2D eigenvalue weighted by Gasteiger charge is 1.94. The minimum absolute atomic E-state index is 0.510. The summed E-state index contributed by atoms with van der Waals surface area (Å²) in [7, 11) is 0. The molecule has 0 unspecified atom stereocenters. The molecule has 4 heteroatoms. The van der Waals surface area contributed by atoms with E-state index in [1.165, 1.54) is 6.08 Å². The molecule has 0 heterocycles. The summed E-state index contributed by atoms with van der Waals surface area (Å²) in [6, 6.07) is 6.93. The van der Waals surface area contributed by atoms with Crippen LogP contribution in [-0.2, 0) is 0 Å². The van der Waals surface area contributed by atoms with Crippen LogP contribution in [0.5, 0.6) is 0 Å². The van der Waals surface area contributed by atoms with Crippen LogP contribution < -0.4 is 0 Å². The number of rotatable bonds is 2. The average Bonchev–Trinajstić information content (AvgIpc) is 2.03. The maximum absolute atomic E-state index is 9.96. The summed E-state index contributed by atoms with van der Waals surface area (Å²) in [6.07, 6.45) is 2.23. The SMILES string of the molecule is O=[N+]([O-])/C=C\c1ccccc1Cl. The van der Waals surface area contributed by atoms with Gasteiger partial charge in [0, 0.05) is 11.1 Å². The highest BCUT2D eigenvalue weighted by molar-refractivity contribution is 6.32. The summed E-state index contributed by atoms with van der Waals surface area (Å²) in [5.74, 6) is 0. The monoisotopic (exact) mass is 183 g/mol. The van der Waals surface area contributed by atoms with Gasteiger partial charge in [0.2, 0.25) is 6.20 Å². The van der Waals surface area contributed by atoms with Gasteiger partial charge < -0.3 is 0 Å². The third-order valence-corrected chi connectivity index (χ3v) is 1.63. The predicted octanol–water partition coefficient (Wildman–Crippen LogP) is 2.59. The zero-order valence-corrected chi connectivity index (χ0v) is 6.86. The molecule has 0 amide bonds. The summed E-state index contributed by atoms with van der Waals surface area (Å²) >= 11 is 5.73. The van der Waals surface area contributed by atoms with Crippen molar-refractivity contribution in [3.8, 4) is 0 Å².